The quantitative estimate of drug-likeness (QED) is 0.553. The second-order valence-electron chi connectivity index (χ2n) is 5.29. The molecular weight excluding hydrogens is 388 g/mol. The molecule has 25 heavy (non-hydrogen) atoms. The molecule has 0 aliphatic carbocycles. The van der Waals surface area contributed by atoms with Crippen LogP contribution in [0.25, 0.3) is 6.08 Å². The molecule has 3 rings (SSSR count). The Morgan fingerprint density at radius 2 is 1.84 bits per heavy atom. The number of carbonyl (C=O) groups is 1. The summed E-state index contributed by atoms with van der Waals surface area (Å²) < 4.78 is 22.4. The first-order chi connectivity index (χ1) is 12.1. The molecule has 0 unspecified atom stereocenters. The summed E-state index contributed by atoms with van der Waals surface area (Å²) in [5.74, 6) is 2.35. The van der Waals surface area contributed by atoms with Crippen molar-refractivity contribution in [2.75, 3.05) is 27.4 Å². The van der Waals surface area contributed by atoms with Gasteiger partial charge in [-0.25, -0.2) is 0 Å². The van der Waals surface area contributed by atoms with Gasteiger partial charge in [-0.1, -0.05) is 6.08 Å². The molecule has 0 bridgehead atoms. The number of benzene rings is 2. The Balaban J connectivity index is 1.84. The number of rotatable bonds is 5. The van der Waals surface area contributed by atoms with Crippen molar-refractivity contribution in [3.05, 3.63) is 52.0 Å². The zero-order valence-electron chi connectivity index (χ0n) is 13.9. The van der Waals surface area contributed by atoms with Crippen molar-refractivity contribution in [3.63, 3.8) is 0 Å². The van der Waals surface area contributed by atoms with E-state index in [4.69, 9.17) is 18.9 Å². The van der Waals surface area contributed by atoms with Gasteiger partial charge in [0.25, 0.3) is 0 Å². The highest BCUT2D eigenvalue weighted by Crippen LogP contribution is 2.40. The summed E-state index contributed by atoms with van der Waals surface area (Å²) >= 11 is 3.38. The Bertz CT molecular complexity index is 812. The first-order valence-corrected chi connectivity index (χ1v) is 8.45. The first kappa shape index (κ1) is 17.4. The Labute approximate surface area is 154 Å². The van der Waals surface area contributed by atoms with Gasteiger partial charge in [0.05, 0.1) is 18.7 Å². The monoisotopic (exact) mass is 404 g/mol. The van der Waals surface area contributed by atoms with Crippen LogP contribution in [0.4, 0.5) is 0 Å². The fourth-order valence-corrected chi connectivity index (χ4v) is 3.02. The fraction of sp³-hybridized carbons (Fsp3) is 0.211. The molecule has 1 heterocycles. The molecule has 2 aromatic carbocycles. The number of methoxy groups -OCH3 is 2. The van der Waals surface area contributed by atoms with E-state index >= 15 is 0 Å². The second-order valence-corrected chi connectivity index (χ2v) is 6.15. The van der Waals surface area contributed by atoms with E-state index in [-0.39, 0.29) is 5.78 Å². The molecule has 130 valence electrons. The maximum atomic E-state index is 12.4. The van der Waals surface area contributed by atoms with Crippen molar-refractivity contribution in [1.82, 2.24) is 0 Å². The van der Waals surface area contributed by atoms with E-state index in [1.54, 1.807) is 44.6 Å². The molecule has 5 nitrogen and oxygen atoms in total. The summed E-state index contributed by atoms with van der Waals surface area (Å²) in [6.07, 6.45) is 3.24. The molecule has 0 amide bonds. The minimum atomic E-state index is -0.114. The normalized spacial score (nSPS) is 12.9. The van der Waals surface area contributed by atoms with Crippen LogP contribution in [0.1, 0.15) is 15.9 Å². The van der Waals surface area contributed by atoms with Crippen molar-refractivity contribution in [3.8, 4) is 23.0 Å². The van der Waals surface area contributed by atoms with E-state index in [1.807, 2.05) is 6.07 Å². The van der Waals surface area contributed by atoms with Crippen LogP contribution in [0.5, 0.6) is 23.0 Å². The Hall–Kier alpha value is -2.47. The molecule has 6 heteroatoms. The van der Waals surface area contributed by atoms with Crippen LogP contribution in [-0.4, -0.2) is 33.2 Å². The predicted molar refractivity (Wildman–Crippen MR) is 98.0 cm³/mol. The van der Waals surface area contributed by atoms with Crippen LogP contribution in [-0.2, 0) is 0 Å². The highest BCUT2D eigenvalue weighted by atomic mass is 79.9. The summed E-state index contributed by atoms with van der Waals surface area (Å²) in [5.41, 5.74) is 1.36. The van der Waals surface area contributed by atoms with Gasteiger partial charge < -0.3 is 18.9 Å². The van der Waals surface area contributed by atoms with Gasteiger partial charge in [-0.05, 0) is 57.9 Å². The van der Waals surface area contributed by atoms with E-state index in [2.05, 4.69) is 15.9 Å². The number of ketones is 1. The second kappa shape index (κ2) is 7.61. The molecule has 0 fully saturated rings. The minimum Gasteiger partial charge on any atom is -0.496 e. The molecule has 1 aliphatic rings. The molecule has 0 spiro atoms. The Morgan fingerprint density at radius 3 is 2.56 bits per heavy atom. The number of carbonyl (C=O) groups excluding carboxylic acids is 1. The van der Waals surface area contributed by atoms with Crippen LogP contribution in [0.15, 0.2) is 40.9 Å². The third kappa shape index (κ3) is 3.79. The standard InChI is InChI=1S/C19H17BrO5/c1-22-16-6-4-13(11-14(16)20)15(21)5-3-12-9-17(23-2)19-18(10-12)24-7-8-25-19/h3-6,9-11H,7-8H2,1-2H3/b5-3+. The number of ether oxygens (including phenoxy) is 4. The van der Waals surface area contributed by atoms with E-state index < -0.39 is 0 Å². The van der Waals surface area contributed by atoms with Gasteiger partial charge in [0.1, 0.15) is 19.0 Å². The summed E-state index contributed by atoms with van der Waals surface area (Å²) in [6, 6.07) is 8.83. The molecule has 2 aromatic rings. The van der Waals surface area contributed by atoms with Gasteiger partial charge in [-0.2, -0.15) is 0 Å². The maximum absolute atomic E-state index is 12.4. The molecule has 0 aromatic heterocycles. The van der Waals surface area contributed by atoms with Crippen LogP contribution in [0, 0.1) is 0 Å². The van der Waals surface area contributed by atoms with Crippen LogP contribution in [0.3, 0.4) is 0 Å². The van der Waals surface area contributed by atoms with Crippen molar-refractivity contribution in [1.29, 1.82) is 0 Å². The van der Waals surface area contributed by atoms with Gasteiger partial charge >= 0.3 is 0 Å². The number of halogens is 1. The van der Waals surface area contributed by atoms with Gasteiger partial charge in [0.15, 0.2) is 17.3 Å². The maximum Gasteiger partial charge on any atom is 0.203 e. The van der Waals surface area contributed by atoms with Crippen molar-refractivity contribution in [2.24, 2.45) is 0 Å². The summed E-state index contributed by atoms with van der Waals surface area (Å²) in [7, 11) is 3.15. The molecular formula is C19H17BrO5. The molecule has 1 aliphatic heterocycles. The predicted octanol–water partition coefficient (Wildman–Crippen LogP) is 4.13. The summed E-state index contributed by atoms with van der Waals surface area (Å²) in [6.45, 7) is 0.978. The van der Waals surface area contributed by atoms with E-state index in [0.717, 1.165) is 10.0 Å². The lowest BCUT2D eigenvalue weighted by molar-refractivity contribution is 0.104. The lowest BCUT2D eigenvalue weighted by atomic mass is 10.1. The van der Waals surface area contributed by atoms with E-state index in [1.165, 1.54) is 6.08 Å². The van der Waals surface area contributed by atoms with Gasteiger partial charge in [-0.3, -0.25) is 4.79 Å². The average molecular weight is 405 g/mol. The van der Waals surface area contributed by atoms with Gasteiger partial charge in [0, 0.05) is 5.56 Å². The number of fused-ring (bicyclic) bond motifs is 1. The zero-order valence-corrected chi connectivity index (χ0v) is 15.5. The molecule has 0 saturated carbocycles. The number of allylic oxidation sites excluding steroid dienone is 1. The largest absolute Gasteiger partial charge is 0.496 e. The van der Waals surface area contributed by atoms with Crippen LogP contribution < -0.4 is 18.9 Å². The van der Waals surface area contributed by atoms with Crippen molar-refractivity contribution >= 4 is 27.8 Å². The van der Waals surface area contributed by atoms with Crippen LogP contribution >= 0.6 is 15.9 Å². The number of hydrogen-bond donors (Lipinski definition) is 0. The third-order valence-electron chi connectivity index (χ3n) is 3.71. The summed E-state index contributed by atoms with van der Waals surface area (Å²) in [5, 5.41) is 0. The number of hydrogen-bond acceptors (Lipinski definition) is 5. The average Bonchev–Trinajstić information content (AvgIpc) is 2.65. The highest BCUT2D eigenvalue weighted by molar-refractivity contribution is 9.10. The van der Waals surface area contributed by atoms with Crippen molar-refractivity contribution < 1.29 is 23.7 Å². The third-order valence-corrected chi connectivity index (χ3v) is 4.33. The molecule has 0 N–H and O–H groups in total. The lowest BCUT2D eigenvalue weighted by Gasteiger charge is -2.20. The zero-order chi connectivity index (χ0) is 17.8. The molecule has 0 atom stereocenters. The van der Waals surface area contributed by atoms with E-state index in [9.17, 15) is 4.79 Å². The van der Waals surface area contributed by atoms with E-state index in [0.29, 0.717) is 41.8 Å². The Kier molecular flexibility index (Phi) is 5.28. The van der Waals surface area contributed by atoms with Gasteiger partial charge in [-0.15, -0.1) is 0 Å². The smallest absolute Gasteiger partial charge is 0.203 e. The lowest BCUT2D eigenvalue weighted by Crippen LogP contribution is -2.16. The highest BCUT2D eigenvalue weighted by Gasteiger charge is 2.17. The fourth-order valence-electron chi connectivity index (χ4n) is 2.48. The van der Waals surface area contributed by atoms with Crippen molar-refractivity contribution in [2.45, 2.75) is 0 Å². The SMILES string of the molecule is COc1ccc(C(=O)/C=C/c2cc(OC)c3c(c2)OCCO3)cc1Br. The van der Waals surface area contributed by atoms with Crippen LogP contribution in [0.2, 0.25) is 0 Å². The Morgan fingerprint density at radius 1 is 1.08 bits per heavy atom. The molecule has 0 saturated heterocycles. The first-order valence-electron chi connectivity index (χ1n) is 7.66. The topological polar surface area (TPSA) is 54.0 Å². The van der Waals surface area contributed by atoms with Gasteiger partial charge in [0.2, 0.25) is 5.75 Å². The molecule has 0 radical (unpaired) electrons. The summed E-state index contributed by atoms with van der Waals surface area (Å²) in [4.78, 5) is 12.4. The minimum absolute atomic E-state index is 0.114.